The van der Waals surface area contributed by atoms with E-state index in [0.717, 1.165) is 36.5 Å². The number of amides is 1. The summed E-state index contributed by atoms with van der Waals surface area (Å²) in [5, 5.41) is 10.9. The van der Waals surface area contributed by atoms with E-state index in [0.29, 0.717) is 5.69 Å². The van der Waals surface area contributed by atoms with Crippen molar-refractivity contribution in [3.8, 4) is 0 Å². The zero-order chi connectivity index (χ0) is 15.4. The van der Waals surface area contributed by atoms with Crippen molar-refractivity contribution < 1.29 is 9.69 Å². The Morgan fingerprint density at radius 2 is 2.27 bits per heavy atom. The predicted octanol–water partition coefficient (Wildman–Crippen LogP) is 1.14. The Bertz CT molecular complexity index is 636. The van der Waals surface area contributed by atoms with Gasteiger partial charge in [0.15, 0.2) is 5.69 Å². The highest BCUT2D eigenvalue weighted by molar-refractivity contribution is 6.04. The first-order valence-electron chi connectivity index (χ1n) is 8.31. The Labute approximate surface area is 131 Å². The maximum absolute atomic E-state index is 12.2. The Balaban J connectivity index is 1.48. The van der Waals surface area contributed by atoms with E-state index in [1.54, 1.807) is 4.90 Å². The molecule has 1 fully saturated rings. The number of hydrogen-bond acceptors (Lipinski definition) is 2. The van der Waals surface area contributed by atoms with E-state index in [1.165, 1.54) is 25.8 Å². The van der Waals surface area contributed by atoms with Crippen molar-refractivity contribution in [1.82, 2.24) is 15.5 Å². The number of hydrogen-bond donors (Lipinski definition) is 3. The molecule has 0 bridgehead atoms. The largest absolute Gasteiger partial charge is 0.350 e. The number of benzene rings is 1. The van der Waals surface area contributed by atoms with E-state index in [2.05, 4.69) is 22.4 Å². The first kappa shape index (κ1) is 15.0. The van der Waals surface area contributed by atoms with E-state index in [1.807, 2.05) is 24.3 Å². The summed E-state index contributed by atoms with van der Waals surface area (Å²) in [4.78, 5) is 13.9. The van der Waals surface area contributed by atoms with Crippen LogP contribution < -0.4 is 10.2 Å². The summed E-state index contributed by atoms with van der Waals surface area (Å²) < 4.78 is 0. The Morgan fingerprint density at radius 1 is 1.41 bits per heavy atom. The lowest BCUT2D eigenvalue weighted by Gasteiger charge is -2.30. The molecule has 1 aromatic heterocycles. The van der Waals surface area contributed by atoms with Gasteiger partial charge in [0.1, 0.15) is 0 Å². The molecule has 5 nitrogen and oxygen atoms in total. The number of quaternary nitrogens is 1. The van der Waals surface area contributed by atoms with E-state index >= 15 is 0 Å². The van der Waals surface area contributed by atoms with Gasteiger partial charge in [-0.25, -0.2) is 0 Å². The number of para-hydroxylation sites is 1. The molecule has 1 aromatic carbocycles. The highest BCUT2D eigenvalue weighted by atomic mass is 16.1. The summed E-state index contributed by atoms with van der Waals surface area (Å²) in [6.07, 6.45) is 5.06. The summed E-state index contributed by atoms with van der Waals surface area (Å²) in [7, 11) is 0. The molecule has 1 aliphatic rings. The van der Waals surface area contributed by atoms with Crippen LogP contribution in [0.1, 0.15) is 43.1 Å². The number of aromatic amines is 1. The number of aromatic nitrogens is 2. The molecule has 1 amide bonds. The van der Waals surface area contributed by atoms with Gasteiger partial charge in [-0.1, -0.05) is 18.2 Å². The van der Waals surface area contributed by atoms with Crippen LogP contribution in [0.5, 0.6) is 0 Å². The number of likely N-dealkylation sites (tertiary alicyclic amines) is 1. The van der Waals surface area contributed by atoms with Crippen LogP contribution in [-0.4, -0.2) is 41.8 Å². The van der Waals surface area contributed by atoms with Gasteiger partial charge in [0.2, 0.25) is 0 Å². The monoisotopic (exact) mass is 301 g/mol. The number of carbonyl (C=O) groups is 1. The Kier molecular flexibility index (Phi) is 4.73. The van der Waals surface area contributed by atoms with Gasteiger partial charge in [0.25, 0.3) is 5.91 Å². The second-order valence-electron chi connectivity index (χ2n) is 6.28. The number of carbonyl (C=O) groups excluding carboxylic acids is 1. The normalized spacial score (nSPS) is 21.9. The van der Waals surface area contributed by atoms with Gasteiger partial charge < -0.3 is 10.2 Å². The van der Waals surface area contributed by atoms with Crippen molar-refractivity contribution in [2.24, 2.45) is 0 Å². The molecule has 1 aliphatic heterocycles. The average Bonchev–Trinajstić information content (AvgIpc) is 2.97. The average molecular weight is 301 g/mol. The van der Waals surface area contributed by atoms with Crippen LogP contribution in [0.25, 0.3) is 10.9 Å². The Hall–Kier alpha value is -1.88. The van der Waals surface area contributed by atoms with Crippen molar-refractivity contribution in [1.29, 1.82) is 0 Å². The summed E-state index contributed by atoms with van der Waals surface area (Å²) >= 11 is 0. The van der Waals surface area contributed by atoms with Crippen LogP contribution in [0, 0.1) is 0 Å². The number of rotatable bonds is 5. The second kappa shape index (κ2) is 6.92. The maximum Gasteiger partial charge on any atom is 0.272 e. The van der Waals surface area contributed by atoms with Crippen LogP contribution in [0.15, 0.2) is 24.3 Å². The van der Waals surface area contributed by atoms with Crippen LogP contribution in [0.3, 0.4) is 0 Å². The lowest BCUT2D eigenvalue weighted by molar-refractivity contribution is -0.928. The minimum atomic E-state index is -0.0841. The maximum atomic E-state index is 12.2. The SMILES string of the molecule is C[C@H]1CCCC[NH+]1CCCNC(=O)c1n[nH]c2ccccc12. The molecule has 118 valence electrons. The molecular weight excluding hydrogens is 276 g/mol. The van der Waals surface area contributed by atoms with Crippen LogP contribution in [-0.2, 0) is 0 Å². The third-order valence-electron chi connectivity index (χ3n) is 4.73. The minimum Gasteiger partial charge on any atom is -0.350 e. The summed E-state index contributed by atoms with van der Waals surface area (Å²) in [6, 6.07) is 8.48. The molecule has 0 spiro atoms. The quantitative estimate of drug-likeness (QED) is 0.725. The molecule has 22 heavy (non-hydrogen) atoms. The van der Waals surface area contributed by atoms with Crippen molar-refractivity contribution in [2.75, 3.05) is 19.6 Å². The summed E-state index contributed by atoms with van der Waals surface area (Å²) in [5.41, 5.74) is 1.40. The molecule has 2 heterocycles. The third kappa shape index (κ3) is 3.30. The summed E-state index contributed by atoms with van der Waals surface area (Å²) in [6.45, 7) is 5.47. The molecular formula is C17H25N4O+. The molecule has 3 rings (SSSR count). The molecule has 1 unspecified atom stereocenters. The van der Waals surface area contributed by atoms with Gasteiger partial charge in [0, 0.05) is 18.4 Å². The third-order valence-corrected chi connectivity index (χ3v) is 4.73. The van der Waals surface area contributed by atoms with Gasteiger partial charge in [-0.2, -0.15) is 5.10 Å². The van der Waals surface area contributed by atoms with Crippen LogP contribution in [0.4, 0.5) is 0 Å². The lowest BCUT2D eigenvalue weighted by Crippen LogP contribution is -3.16. The topological polar surface area (TPSA) is 62.2 Å². The van der Waals surface area contributed by atoms with Crippen LogP contribution in [0.2, 0.25) is 0 Å². The molecule has 1 saturated heterocycles. The molecule has 3 N–H and O–H groups in total. The number of H-pyrrole nitrogens is 1. The smallest absolute Gasteiger partial charge is 0.272 e. The first-order chi connectivity index (χ1) is 10.8. The van der Waals surface area contributed by atoms with Gasteiger partial charge in [-0.15, -0.1) is 0 Å². The fourth-order valence-corrected chi connectivity index (χ4v) is 3.36. The highest BCUT2D eigenvalue weighted by Gasteiger charge is 2.21. The fourth-order valence-electron chi connectivity index (χ4n) is 3.36. The zero-order valence-corrected chi connectivity index (χ0v) is 13.2. The molecule has 2 atom stereocenters. The molecule has 0 aliphatic carbocycles. The van der Waals surface area contributed by atoms with Crippen molar-refractivity contribution in [3.05, 3.63) is 30.0 Å². The Morgan fingerprint density at radius 3 is 3.14 bits per heavy atom. The number of nitrogens with zero attached hydrogens (tertiary/aromatic N) is 1. The number of fused-ring (bicyclic) bond motifs is 1. The van der Waals surface area contributed by atoms with E-state index < -0.39 is 0 Å². The minimum absolute atomic E-state index is 0.0841. The predicted molar refractivity (Wildman–Crippen MR) is 87.1 cm³/mol. The first-order valence-corrected chi connectivity index (χ1v) is 8.31. The molecule has 5 heteroatoms. The fraction of sp³-hybridized carbons (Fsp3) is 0.529. The van der Waals surface area contributed by atoms with Crippen LogP contribution >= 0.6 is 0 Å². The number of nitrogens with one attached hydrogen (secondary N) is 3. The molecule has 0 radical (unpaired) electrons. The van der Waals surface area contributed by atoms with E-state index in [4.69, 9.17) is 0 Å². The van der Waals surface area contributed by atoms with E-state index in [9.17, 15) is 4.79 Å². The van der Waals surface area contributed by atoms with Crippen molar-refractivity contribution >= 4 is 16.8 Å². The van der Waals surface area contributed by atoms with Crippen molar-refractivity contribution in [3.63, 3.8) is 0 Å². The van der Waals surface area contributed by atoms with Gasteiger partial charge >= 0.3 is 0 Å². The van der Waals surface area contributed by atoms with Gasteiger partial charge in [0.05, 0.1) is 24.6 Å². The lowest BCUT2D eigenvalue weighted by atomic mass is 10.0. The second-order valence-corrected chi connectivity index (χ2v) is 6.28. The number of piperidine rings is 1. The zero-order valence-electron chi connectivity index (χ0n) is 13.2. The van der Waals surface area contributed by atoms with E-state index in [-0.39, 0.29) is 5.91 Å². The molecule has 0 saturated carbocycles. The summed E-state index contributed by atoms with van der Waals surface area (Å²) in [5.74, 6) is -0.0841. The highest BCUT2D eigenvalue weighted by Crippen LogP contribution is 2.14. The standard InChI is InChI=1S/C17H24N4O/c1-13-7-4-5-11-21(13)12-6-10-18-17(22)16-14-8-2-3-9-15(14)19-20-16/h2-3,8-9,13H,4-7,10-12H2,1H3,(H,18,22)(H,19,20)/p+1/t13-/m0/s1. The van der Waals surface area contributed by atoms with Gasteiger partial charge in [-0.05, 0) is 32.3 Å². The van der Waals surface area contributed by atoms with Crippen molar-refractivity contribution in [2.45, 2.75) is 38.6 Å². The van der Waals surface area contributed by atoms with Gasteiger partial charge in [-0.3, -0.25) is 9.89 Å². The molecule has 2 aromatic rings.